The highest BCUT2D eigenvalue weighted by molar-refractivity contribution is 8.00. The quantitative estimate of drug-likeness (QED) is 0.129. The van der Waals surface area contributed by atoms with E-state index in [-0.39, 0.29) is 41.8 Å². The van der Waals surface area contributed by atoms with Gasteiger partial charge in [-0.25, -0.2) is 0 Å². The van der Waals surface area contributed by atoms with Gasteiger partial charge in [-0.1, -0.05) is 42.5 Å². The number of hydrogen-bond donors (Lipinski definition) is 0. The van der Waals surface area contributed by atoms with E-state index in [4.69, 9.17) is 10.00 Å². The first kappa shape index (κ1) is 28.3. The molecule has 0 bridgehead atoms. The molecule has 2 heterocycles. The number of rotatable bonds is 9. The van der Waals surface area contributed by atoms with E-state index in [9.17, 15) is 9.59 Å². The molecule has 2 aromatic heterocycles. The van der Waals surface area contributed by atoms with Crippen LogP contribution in [0.25, 0.3) is 5.69 Å². The Morgan fingerprint density at radius 1 is 1.03 bits per heavy atom. The highest BCUT2D eigenvalue weighted by Crippen LogP contribution is 2.39. The minimum Gasteiger partial charge on any atom is -1.00 e. The second-order valence-electron chi connectivity index (χ2n) is 8.10. The van der Waals surface area contributed by atoms with Crippen molar-refractivity contribution in [2.45, 2.75) is 30.2 Å². The second kappa shape index (κ2) is 13.3. The van der Waals surface area contributed by atoms with Gasteiger partial charge in [-0.3, -0.25) is 9.59 Å². The minimum absolute atomic E-state index is 0. The number of thiophene rings is 1. The maximum Gasteiger partial charge on any atom is 0.310 e. The van der Waals surface area contributed by atoms with Crippen LogP contribution in [0.1, 0.15) is 44.4 Å². The third-order valence-corrected chi connectivity index (χ3v) is 8.08. The molecule has 0 aliphatic carbocycles. The number of nitrogens with zero attached hydrogens (tertiary/aromatic N) is 2. The van der Waals surface area contributed by atoms with Gasteiger partial charge in [0, 0.05) is 23.4 Å². The van der Waals surface area contributed by atoms with Gasteiger partial charge in [0.05, 0.1) is 35.1 Å². The first-order chi connectivity index (χ1) is 17.5. The molecule has 5 nitrogen and oxygen atoms in total. The summed E-state index contributed by atoms with van der Waals surface area (Å²) in [5.74, 6) is 0.179. The van der Waals surface area contributed by atoms with Crippen LogP contribution in [0, 0.1) is 18.3 Å². The van der Waals surface area contributed by atoms with Gasteiger partial charge in [0.2, 0.25) is 11.5 Å². The average Bonchev–Trinajstić information content (AvgIpc) is 3.26. The van der Waals surface area contributed by atoms with Crippen LogP contribution in [-0.4, -0.2) is 18.4 Å². The first-order valence-electron chi connectivity index (χ1n) is 11.5. The largest absolute Gasteiger partial charge is 1.00 e. The number of ether oxygens (including phenoxy) is 1. The molecule has 0 fully saturated rings. The van der Waals surface area contributed by atoms with Gasteiger partial charge in [0.15, 0.2) is 12.4 Å². The fraction of sp³-hybridized carbons (Fsp3) is 0.172. The molecule has 0 saturated heterocycles. The van der Waals surface area contributed by atoms with Crippen LogP contribution in [-0.2, 0) is 21.7 Å². The molecular weight excluding hydrogens is 568 g/mol. The summed E-state index contributed by atoms with van der Waals surface area (Å²) in [5, 5.41) is 9.08. The summed E-state index contributed by atoms with van der Waals surface area (Å²) in [6.45, 7) is 4.07. The Labute approximate surface area is 235 Å². The fourth-order valence-corrected chi connectivity index (χ4v) is 6.22. The van der Waals surface area contributed by atoms with E-state index >= 15 is 0 Å². The zero-order valence-corrected chi connectivity index (χ0v) is 23.7. The highest BCUT2D eigenvalue weighted by Gasteiger charge is 2.31. The monoisotopic (exact) mass is 592 g/mol. The van der Waals surface area contributed by atoms with Gasteiger partial charge in [0.1, 0.15) is 4.21 Å². The molecular formula is C29H25BrN2O3S2. The van der Waals surface area contributed by atoms with Crippen molar-refractivity contribution >= 4 is 34.9 Å². The molecule has 0 saturated carbocycles. The van der Waals surface area contributed by atoms with E-state index in [1.807, 2.05) is 66.3 Å². The smallest absolute Gasteiger partial charge is 0.310 e. The van der Waals surface area contributed by atoms with Crippen LogP contribution in [0.15, 0.2) is 83.3 Å². The number of pyridine rings is 1. The number of halogens is 1. The molecule has 0 N–H and O–H groups in total. The fourth-order valence-electron chi connectivity index (χ4n) is 3.69. The van der Waals surface area contributed by atoms with Crippen molar-refractivity contribution in [1.82, 2.24) is 0 Å². The summed E-state index contributed by atoms with van der Waals surface area (Å²) in [6, 6.07) is 22.7. The van der Waals surface area contributed by atoms with Crippen LogP contribution in [0.2, 0.25) is 0 Å². The summed E-state index contributed by atoms with van der Waals surface area (Å²) >= 11 is 3.02. The summed E-state index contributed by atoms with van der Waals surface area (Å²) < 4.78 is 8.18. The molecule has 4 rings (SSSR count). The summed E-state index contributed by atoms with van der Waals surface area (Å²) in [4.78, 5) is 26.8. The summed E-state index contributed by atoms with van der Waals surface area (Å²) in [7, 11) is 0. The van der Waals surface area contributed by atoms with Crippen LogP contribution < -0.4 is 21.5 Å². The standard InChI is InChI=1S/C29H25N2O3S2.BrH/c1-3-34-25(32)17-24-26(31-15-13-20(2)14-16-31)29(35-19-22-11-9-21(18-30)10-12-22)36-28(24)27(33)23-7-5-4-6-8-23;/h4-16H,3,17,19H2,1-2H3;1H/q+1;/p-1. The zero-order valence-electron chi connectivity index (χ0n) is 20.4. The Bertz CT molecular complexity index is 1410. The van der Waals surface area contributed by atoms with Crippen LogP contribution in [0.5, 0.6) is 0 Å². The number of aromatic nitrogens is 1. The van der Waals surface area contributed by atoms with E-state index in [2.05, 4.69) is 6.07 Å². The molecule has 188 valence electrons. The maximum atomic E-state index is 13.6. The van der Waals surface area contributed by atoms with Crippen molar-refractivity contribution < 1.29 is 35.9 Å². The third kappa shape index (κ3) is 6.95. The normalized spacial score (nSPS) is 10.3. The SMILES string of the molecule is CCOC(=O)Cc1c(C(=O)c2ccccc2)sc(SCc2ccc(C#N)cc2)c1-[n+]1ccc(C)cc1.[Br-]. The number of benzene rings is 2. The number of thioether (sulfide) groups is 1. The van der Waals surface area contributed by atoms with Gasteiger partial charge in [-0.2, -0.15) is 9.83 Å². The third-order valence-electron chi connectivity index (χ3n) is 5.52. The van der Waals surface area contributed by atoms with Crippen molar-refractivity contribution in [1.29, 1.82) is 5.26 Å². The van der Waals surface area contributed by atoms with Gasteiger partial charge in [0.25, 0.3) is 0 Å². The molecule has 0 aliphatic heterocycles. The van der Waals surface area contributed by atoms with Gasteiger partial charge in [-0.05, 0) is 37.1 Å². The Kier molecular flexibility index (Phi) is 10.2. The van der Waals surface area contributed by atoms with Crippen LogP contribution in [0.3, 0.4) is 0 Å². The van der Waals surface area contributed by atoms with Crippen molar-refractivity contribution in [2.75, 3.05) is 6.61 Å². The Hall–Kier alpha value is -3.25. The van der Waals surface area contributed by atoms with Crippen LogP contribution in [0.4, 0.5) is 0 Å². The van der Waals surface area contributed by atoms with Crippen molar-refractivity contribution in [3.63, 3.8) is 0 Å². The minimum atomic E-state index is -0.366. The van der Waals surface area contributed by atoms with Crippen molar-refractivity contribution in [2.24, 2.45) is 0 Å². The molecule has 0 atom stereocenters. The number of hydrogen-bond acceptors (Lipinski definition) is 6. The maximum absolute atomic E-state index is 13.6. The molecule has 0 unspecified atom stereocenters. The van der Waals surface area contributed by atoms with E-state index in [0.717, 1.165) is 21.0 Å². The van der Waals surface area contributed by atoms with Gasteiger partial charge in [-0.15, -0.1) is 23.1 Å². The Balaban J connectivity index is 0.00000380. The predicted octanol–water partition coefficient (Wildman–Crippen LogP) is 2.84. The molecule has 0 spiro atoms. The van der Waals surface area contributed by atoms with E-state index in [0.29, 0.717) is 27.3 Å². The summed E-state index contributed by atoms with van der Waals surface area (Å²) in [6.07, 6.45) is 3.91. The predicted molar refractivity (Wildman–Crippen MR) is 142 cm³/mol. The molecule has 2 aromatic carbocycles. The Morgan fingerprint density at radius 3 is 2.32 bits per heavy atom. The van der Waals surface area contributed by atoms with E-state index in [1.165, 1.54) is 11.3 Å². The van der Waals surface area contributed by atoms with Crippen molar-refractivity contribution in [3.05, 3.63) is 112 Å². The average molecular weight is 594 g/mol. The van der Waals surface area contributed by atoms with E-state index in [1.54, 1.807) is 43.0 Å². The summed E-state index contributed by atoms with van der Waals surface area (Å²) in [5.41, 5.74) is 4.86. The number of aryl methyl sites for hydroxylation is 1. The van der Waals surface area contributed by atoms with Gasteiger partial charge >= 0.3 is 5.97 Å². The molecule has 0 aliphatic rings. The molecule has 8 heteroatoms. The number of esters is 1. The lowest BCUT2D eigenvalue weighted by Gasteiger charge is -2.06. The highest BCUT2D eigenvalue weighted by atomic mass is 79.9. The van der Waals surface area contributed by atoms with Gasteiger partial charge < -0.3 is 21.7 Å². The van der Waals surface area contributed by atoms with Crippen molar-refractivity contribution in [3.8, 4) is 11.8 Å². The lowest BCUT2D eigenvalue weighted by atomic mass is 10.0. The lowest BCUT2D eigenvalue weighted by Crippen LogP contribution is -3.00. The number of nitriles is 1. The molecule has 37 heavy (non-hydrogen) atoms. The first-order valence-corrected chi connectivity index (χ1v) is 13.3. The lowest BCUT2D eigenvalue weighted by molar-refractivity contribution is -0.598. The number of ketones is 1. The zero-order chi connectivity index (χ0) is 25.5. The second-order valence-corrected chi connectivity index (χ2v) is 10.4. The number of carbonyl (C=O) groups is 2. The van der Waals surface area contributed by atoms with E-state index < -0.39 is 0 Å². The molecule has 4 aromatic rings. The van der Waals surface area contributed by atoms with Crippen LogP contribution >= 0.6 is 23.1 Å². The number of carbonyl (C=O) groups excluding carboxylic acids is 2. The molecule has 0 amide bonds. The molecule has 0 radical (unpaired) electrons. The topological polar surface area (TPSA) is 71.0 Å². The Morgan fingerprint density at radius 2 is 1.70 bits per heavy atom.